The number of hydrogen-bond acceptors (Lipinski definition) is 6. The van der Waals surface area contributed by atoms with Crippen LogP contribution in [-0.4, -0.2) is 21.3 Å². The standard InChI is InChI=1S/C50H46O6/c1-47(2)27-48(3,4)29-49(28-47)37-13-9-8-12-34(37)41-42-36(26-40(53-7)45-46(42)55-39-15-11-10-14-38(39)54-45)44-35(43(41)49)24-25-50(56-44,30-16-20-32(51-5)21-17-30)31-18-22-33(52-6)23-19-31/h8-26H,27-29H2,1-7H3. The van der Waals surface area contributed by atoms with Crippen LogP contribution in [0.2, 0.25) is 0 Å². The van der Waals surface area contributed by atoms with E-state index in [9.17, 15) is 0 Å². The maximum Gasteiger partial charge on any atom is 0.212 e. The van der Waals surface area contributed by atoms with Crippen LogP contribution in [0.15, 0.2) is 109 Å². The van der Waals surface area contributed by atoms with Gasteiger partial charge in [0.05, 0.1) is 21.3 Å². The molecule has 2 aliphatic carbocycles. The Morgan fingerprint density at radius 1 is 0.589 bits per heavy atom. The molecule has 56 heavy (non-hydrogen) atoms. The monoisotopic (exact) mass is 742 g/mol. The Morgan fingerprint density at radius 2 is 1.16 bits per heavy atom. The summed E-state index contributed by atoms with van der Waals surface area (Å²) < 4.78 is 38.8. The zero-order chi connectivity index (χ0) is 38.6. The maximum atomic E-state index is 7.75. The molecule has 6 aromatic rings. The number of benzene rings is 6. The fraction of sp³-hybridized carbons (Fsp3) is 0.280. The molecule has 1 saturated carbocycles. The van der Waals surface area contributed by atoms with Gasteiger partial charge in [0.25, 0.3) is 0 Å². The second kappa shape index (κ2) is 12.1. The van der Waals surface area contributed by atoms with E-state index in [1.165, 1.54) is 22.3 Å². The van der Waals surface area contributed by atoms with E-state index < -0.39 is 5.60 Å². The largest absolute Gasteiger partial charge is 0.497 e. The van der Waals surface area contributed by atoms with Crippen LogP contribution < -0.4 is 28.4 Å². The molecule has 0 amide bonds. The number of para-hydroxylation sites is 2. The van der Waals surface area contributed by atoms with Gasteiger partial charge >= 0.3 is 0 Å². The number of fused-ring (bicyclic) bond motifs is 13. The average molecular weight is 743 g/mol. The first-order valence-electron chi connectivity index (χ1n) is 19.5. The zero-order valence-corrected chi connectivity index (χ0v) is 33.0. The third kappa shape index (κ3) is 4.94. The lowest BCUT2D eigenvalue weighted by Crippen LogP contribution is -2.44. The Bertz CT molecular complexity index is 2530. The van der Waals surface area contributed by atoms with E-state index in [0.717, 1.165) is 64.0 Å². The molecular weight excluding hydrogens is 697 g/mol. The second-order valence-corrected chi connectivity index (χ2v) is 17.4. The van der Waals surface area contributed by atoms with Crippen LogP contribution in [0.4, 0.5) is 0 Å². The second-order valence-electron chi connectivity index (χ2n) is 17.4. The predicted molar refractivity (Wildman–Crippen MR) is 221 cm³/mol. The van der Waals surface area contributed by atoms with Crippen LogP contribution in [-0.2, 0) is 11.0 Å². The van der Waals surface area contributed by atoms with Crippen molar-refractivity contribution in [2.75, 3.05) is 21.3 Å². The Labute approximate surface area is 328 Å². The van der Waals surface area contributed by atoms with Gasteiger partial charge in [-0.2, -0.15) is 0 Å². The van der Waals surface area contributed by atoms with Crippen molar-refractivity contribution >= 4 is 16.8 Å². The van der Waals surface area contributed by atoms with Gasteiger partial charge in [0.15, 0.2) is 28.6 Å². The molecule has 4 aliphatic rings. The number of ether oxygens (including phenoxy) is 6. The first-order valence-corrected chi connectivity index (χ1v) is 19.5. The summed E-state index contributed by atoms with van der Waals surface area (Å²) in [6.07, 6.45) is 7.71. The fourth-order valence-corrected chi connectivity index (χ4v) is 11.1. The summed E-state index contributed by atoms with van der Waals surface area (Å²) in [5, 5.41) is 1.86. The van der Waals surface area contributed by atoms with Gasteiger partial charge < -0.3 is 28.4 Å². The quantitative estimate of drug-likeness (QED) is 0.175. The molecule has 10 rings (SSSR count). The Morgan fingerprint density at radius 3 is 1.75 bits per heavy atom. The van der Waals surface area contributed by atoms with Crippen LogP contribution in [0.5, 0.6) is 46.0 Å². The van der Waals surface area contributed by atoms with Gasteiger partial charge in [0, 0.05) is 32.9 Å². The van der Waals surface area contributed by atoms with Gasteiger partial charge in [-0.1, -0.05) is 94.4 Å². The van der Waals surface area contributed by atoms with Gasteiger partial charge in [0.1, 0.15) is 17.2 Å². The molecule has 0 N–H and O–H groups in total. The molecule has 1 fully saturated rings. The van der Waals surface area contributed by atoms with E-state index in [1.54, 1.807) is 21.3 Å². The number of methoxy groups -OCH3 is 3. The van der Waals surface area contributed by atoms with Crippen molar-refractivity contribution in [1.29, 1.82) is 0 Å². The van der Waals surface area contributed by atoms with E-state index >= 15 is 0 Å². The molecule has 0 saturated heterocycles. The average Bonchev–Trinajstić information content (AvgIpc) is 3.46. The highest BCUT2D eigenvalue weighted by Crippen LogP contribution is 2.69. The molecule has 6 aromatic carbocycles. The molecule has 0 atom stereocenters. The van der Waals surface area contributed by atoms with E-state index in [0.29, 0.717) is 28.7 Å². The molecule has 0 unspecified atom stereocenters. The van der Waals surface area contributed by atoms with Crippen molar-refractivity contribution in [3.8, 4) is 57.1 Å². The van der Waals surface area contributed by atoms with Crippen LogP contribution in [0.25, 0.3) is 28.0 Å². The summed E-state index contributed by atoms with van der Waals surface area (Å²) in [6.45, 7) is 9.76. The normalized spacial score (nSPS) is 18.3. The molecule has 1 spiro atoms. The molecule has 2 aliphatic heterocycles. The third-order valence-electron chi connectivity index (χ3n) is 12.4. The van der Waals surface area contributed by atoms with Crippen molar-refractivity contribution in [3.63, 3.8) is 0 Å². The fourth-order valence-electron chi connectivity index (χ4n) is 11.1. The summed E-state index contributed by atoms with van der Waals surface area (Å²) in [4.78, 5) is 0. The van der Waals surface area contributed by atoms with Crippen LogP contribution in [0, 0.1) is 10.8 Å². The topological polar surface area (TPSA) is 55.4 Å². The Balaban J connectivity index is 1.34. The predicted octanol–water partition coefficient (Wildman–Crippen LogP) is 12.6. The van der Waals surface area contributed by atoms with Gasteiger partial charge in [-0.15, -0.1) is 0 Å². The van der Waals surface area contributed by atoms with E-state index in [2.05, 4.69) is 94.4 Å². The highest BCUT2D eigenvalue weighted by molar-refractivity contribution is 6.13. The van der Waals surface area contributed by atoms with Crippen molar-refractivity contribution < 1.29 is 28.4 Å². The number of rotatable bonds is 5. The summed E-state index contributed by atoms with van der Waals surface area (Å²) in [6, 6.07) is 35.3. The number of hydrogen-bond donors (Lipinski definition) is 0. The molecule has 0 aromatic heterocycles. The Hall–Kier alpha value is -5.88. The molecule has 6 nitrogen and oxygen atoms in total. The van der Waals surface area contributed by atoms with Crippen molar-refractivity contribution in [1.82, 2.24) is 0 Å². The maximum absolute atomic E-state index is 7.75. The summed E-state index contributed by atoms with van der Waals surface area (Å²) in [7, 11) is 5.06. The smallest absolute Gasteiger partial charge is 0.212 e. The highest BCUT2D eigenvalue weighted by Gasteiger charge is 2.56. The first-order chi connectivity index (χ1) is 27.0. The summed E-state index contributed by atoms with van der Waals surface area (Å²) in [5.41, 5.74) is 6.96. The van der Waals surface area contributed by atoms with Gasteiger partial charge in [-0.05, 0) is 101 Å². The zero-order valence-electron chi connectivity index (χ0n) is 33.0. The molecule has 2 heterocycles. The molecular formula is C50H46O6. The lowest BCUT2D eigenvalue weighted by molar-refractivity contribution is 0.0642. The highest BCUT2D eigenvalue weighted by atomic mass is 16.6. The molecule has 6 heteroatoms. The molecule has 0 radical (unpaired) electrons. The minimum Gasteiger partial charge on any atom is -0.497 e. The van der Waals surface area contributed by atoms with Crippen LogP contribution in [0.3, 0.4) is 0 Å². The lowest BCUT2D eigenvalue weighted by Gasteiger charge is -2.52. The van der Waals surface area contributed by atoms with Crippen molar-refractivity contribution in [3.05, 3.63) is 137 Å². The Kier molecular flexibility index (Phi) is 7.45. The third-order valence-corrected chi connectivity index (χ3v) is 12.4. The minimum absolute atomic E-state index is 0.0748. The van der Waals surface area contributed by atoms with E-state index in [-0.39, 0.29) is 16.2 Å². The molecule has 282 valence electrons. The van der Waals surface area contributed by atoms with Crippen LogP contribution >= 0.6 is 0 Å². The van der Waals surface area contributed by atoms with E-state index in [4.69, 9.17) is 28.4 Å². The van der Waals surface area contributed by atoms with Crippen LogP contribution in [0.1, 0.15) is 74.8 Å². The van der Waals surface area contributed by atoms with Crippen molar-refractivity contribution in [2.45, 2.75) is 58.0 Å². The minimum atomic E-state index is -0.996. The molecule has 0 bridgehead atoms. The lowest BCUT2D eigenvalue weighted by atomic mass is 9.52. The first kappa shape index (κ1) is 34.6. The van der Waals surface area contributed by atoms with Gasteiger partial charge in [0.2, 0.25) is 5.75 Å². The summed E-state index contributed by atoms with van der Waals surface area (Å²) in [5.74, 6) is 5.41. The SMILES string of the molecule is COc1ccc(C2(c3ccc(OC)cc3)C=Cc3c4c(c5c6c(c(OC)cc5c3O2)Oc2ccccc2O6)-c2ccccc2C42CC(C)(C)CC(C)(C)C2)cc1. The van der Waals surface area contributed by atoms with Gasteiger partial charge in [-0.3, -0.25) is 0 Å². The van der Waals surface area contributed by atoms with E-state index in [1.807, 2.05) is 48.5 Å². The van der Waals surface area contributed by atoms with Gasteiger partial charge in [-0.25, -0.2) is 0 Å². The van der Waals surface area contributed by atoms with Crippen molar-refractivity contribution in [2.24, 2.45) is 10.8 Å². The summed E-state index contributed by atoms with van der Waals surface area (Å²) >= 11 is 0.